The Balaban J connectivity index is 1.80. The number of nitrogens with one attached hydrogen (secondary N) is 1. The van der Waals surface area contributed by atoms with Gasteiger partial charge in [0.15, 0.2) is 0 Å². The van der Waals surface area contributed by atoms with Crippen molar-refractivity contribution in [2.45, 2.75) is 18.2 Å². The highest BCUT2D eigenvalue weighted by atomic mass is 32.2. The summed E-state index contributed by atoms with van der Waals surface area (Å²) in [4.78, 5) is 2.16. The average Bonchev–Trinajstić information content (AvgIpc) is 2.51. The maximum absolute atomic E-state index is 12.4. The first-order valence-corrected chi connectivity index (χ1v) is 9.04. The summed E-state index contributed by atoms with van der Waals surface area (Å²) < 4.78 is 27.7. The van der Waals surface area contributed by atoms with Crippen LogP contribution in [0.2, 0.25) is 0 Å². The van der Waals surface area contributed by atoms with Gasteiger partial charge in [0.05, 0.1) is 11.8 Å². The molecule has 4 nitrogen and oxygen atoms in total. The van der Waals surface area contributed by atoms with Crippen LogP contribution in [0, 0.1) is 0 Å². The van der Waals surface area contributed by atoms with Gasteiger partial charge < -0.3 is 4.90 Å². The van der Waals surface area contributed by atoms with E-state index in [-0.39, 0.29) is 11.8 Å². The molecule has 2 aromatic carbocycles. The van der Waals surface area contributed by atoms with Crippen LogP contribution >= 0.6 is 0 Å². The average molecular weight is 316 g/mol. The molecule has 0 spiro atoms. The number of hydrogen-bond donors (Lipinski definition) is 1. The molecule has 0 aliphatic carbocycles. The van der Waals surface area contributed by atoms with E-state index in [4.69, 9.17) is 0 Å². The Bertz CT molecular complexity index is 744. The molecule has 1 heterocycles. The quantitative estimate of drug-likeness (QED) is 0.943. The number of anilines is 1. The largest absolute Gasteiger partial charge is 0.374 e. The Kier molecular flexibility index (Phi) is 4.18. The van der Waals surface area contributed by atoms with Gasteiger partial charge in [-0.15, -0.1) is 0 Å². The second-order valence-electron chi connectivity index (χ2n) is 5.68. The lowest BCUT2D eigenvalue weighted by Gasteiger charge is -2.33. The minimum Gasteiger partial charge on any atom is -0.374 e. The van der Waals surface area contributed by atoms with E-state index in [1.807, 2.05) is 61.6 Å². The Morgan fingerprint density at radius 2 is 1.77 bits per heavy atom. The van der Waals surface area contributed by atoms with Gasteiger partial charge in [-0.25, -0.2) is 13.1 Å². The van der Waals surface area contributed by atoms with Gasteiger partial charge in [-0.3, -0.25) is 0 Å². The fraction of sp³-hybridized carbons (Fsp3) is 0.294. The van der Waals surface area contributed by atoms with Gasteiger partial charge in [-0.05, 0) is 23.6 Å². The Morgan fingerprint density at radius 1 is 1.09 bits per heavy atom. The Morgan fingerprint density at radius 3 is 2.55 bits per heavy atom. The zero-order valence-electron chi connectivity index (χ0n) is 12.6. The number of sulfonamides is 1. The van der Waals surface area contributed by atoms with Crippen LogP contribution in [-0.4, -0.2) is 22.0 Å². The smallest absolute Gasteiger partial charge is 0.216 e. The van der Waals surface area contributed by atoms with E-state index in [9.17, 15) is 8.42 Å². The topological polar surface area (TPSA) is 49.4 Å². The fourth-order valence-corrected chi connectivity index (χ4v) is 4.30. The highest BCUT2D eigenvalue weighted by Crippen LogP contribution is 2.33. The van der Waals surface area contributed by atoms with Crippen LogP contribution in [0.3, 0.4) is 0 Å². The van der Waals surface area contributed by atoms with Crippen LogP contribution in [0.5, 0.6) is 0 Å². The lowest BCUT2D eigenvalue weighted by Crippen LogP contribution is -2.36. The van der Waals surface area contributed by atoms with E-state index in [0.717, 1.165) is 29.8 Å². The van der Waals surface area contributed by atoms with Crippen molar-refractivity contribution in [1.29, 1.82) is 0 Å². The van der Waals surface area contributed by atoms with E-state index in [0.29, 0.717) is 0 Å². The Labute approximate surface area is 131 Å². The lowest BCUT2D eigenvalue weighted by atomic mass is 9.98. The molecule has 1 atom stereocenters. The van der Waals surface area contributed by atoms with Gasteiger partial charge in [0.25, 0.3) is 0 Å². The SMILES string of the molecule is CN1CCC(NS(=O)(=O)Cc2ccccc2)c2ccccc21. The molecule has 0 saturated heterocycles. The highest BCUT2D eigenvalue weighted by Gasteiger charge is 2.26. The van der Waals surface area contributed by atoms with Crippen LogP contribution in [-0.2, 0) is 15.8 Å². The van der Waals surface area contributed by atoms with Crippen LogP contribution in [0.25, 0.3) is 0 Å². The summed E-state index contributed by atoms with van der Waals surface area (Å²) in [5, 5.41) is 0. The molecule has 5 heteroatoms. The summed E-state index contributed by atoms with van der Waals surface area (Å²) in [6.45, 7) is 0.843. The summed E-state index contributed by atoms with van der Waals surface area (Å²) in [6, 6.07) is 17.1. The fourth-order valence-electron chi connectivity index (χ4n) is 2.90. The predicted octanol–water partition coefficient (Wildman–Crippen LogP) is 2.69. The first kappa shape index (κ1) is 15.1. The normalized spacial score (nSPS) is 18.0. The summed E-state index contributed by atoms with van der Waals surface area (Å²) >= 11 is 0. The summed E-state index contributed by atoms with van der Waals surface area (Å²) in [5.41, 5.74) is 2.95. The maximum Gasteiger partial charge on any atom is 0.216 e. The summed E-state index contributed by atoms with van der Waals surface area (Å²) in [6.07, 6.45) is 0.779. The first-order valence-electron chi connectivity index (χ1n) is 7.39. The molecule has 1 unspecified atom stereocenters. The van der Waals surface area contributed by atoms with E-state index in [2.05, 4.69) is 9.62 Å². The number of nitrogens with zero attached hydrogens (tertiary/aromatic N) is 1. The van der Waals surface area contributed by atoms with Crippen molar-refractivity contribution in [1.82, 2.24) is 4.72 Å². The number of hydrogen-bond acceptors (Lipinski definition) is 3. The van der Waals surface area contributed by atoms with E-state index in [1.54, 1.807) is 0 Å². The molecule has 0 amide bonds. The highest BCUT2D eigenvalue weighted by molar-refractivity contribution is 7.88. The molecule has 3 rings (SSSR count). The number of rotatable bonds is 4. The van der Waals surface area contributed by atoms with Crippen molar-refractivity contribution in [2.24, 2.45) is 0 Å². The minimum atomic E-state index is -3.36. The number of para-hydroxylation sites is 1. The van der Waals surface area contributed by atoms with Gasteiger partial charge in [-0.1, -0.05) is 48.5 Å². The third kappa shape index (κ3) is 3.31. The van der Waals surface area contributed by atoms with E-state index < -0.39 is 10.0 Å². The second-order valence-corrected chi connectivity index (χ2v) is 7.44. The lowest BCUT2D eigenvalue weighted by molar-refractivity contribution is 0.528. The van der Waals surface area contributed by atoms with Crippen molar-refractivity contribution in [3.05, 3.63) is 65.7 Å². The number of fused-ring (bicyclic) bond motifs is 1. The maximum atomic E-state index is 12.4. The zero-order chi connectivity index (χ0) is 15.6. The molecule has 2 aromatic rings. The predicted molar refractivity (Wildman–Crippen MR) is 89.3 cm³/mol. The van der Waals surface area contributed by atoms with Gasteiger partial charge in [0, 0.05) is 19.3 Å². The molecule has 1 aliphatic heterocycles. The van der Waals surface area contributed by atoms with Crippen LogP contribution < -0.4 is 9.62 Å². The molecular formula is C17H20N2O2S. The molecule has 1 aliphatic rings. The molecule has 1 N–H and O–H groups in total. The third-order valence-electron chi connectivity index (χ3n) is 4.00. The van der Waals surface area contributed by atoms with Gasteiger partial charge in [-0.2, -0.15) is 0 Å². The second kappa shape index (κ2) is 6.10. The van der Waals surface area contributed by atoms with Crippen molar-refractivity contribution in [2.75, 3.05) is 18.5 Å². The van der Waals surface area contributed by atoms with Crippen molar-refractivity contribution >= 4 is 15.7 Å². The van der Waals surface area contributed by atoms with Crippen molar-refractivity contribution in [3.63, 3.8) is 0 Å². The van der Waals surface area contributed by atoms with E-state index >= 15 is 0 Å². The molecule has 0 radical (unpaired) electrons. The minimum absolute atomic E-state index is 0.0162. The number of benzene rings is 2. The summed E-state index contributed by atoms with van der Waals surface area (Å²) in [5.74, 6) is 0.0162. The van der Waals surface area contributed by atoms with Crippen LogP contribution in [0.1, 0.15) is 23.6 Å². The van der Waals surface area contributed by atoms with Crippen LogP contribution in [0.15, 0.2) is 54.6 Å². The standard InChI is InChI=1S/C17H20N2O2S/c1-19-12-11-16(15-9-5-6-10-17(15)19)18-22(20,21)13-14-7-3-2-4-8-14/h2-10,16,18H,11-13H2,1H3. The molecule has 0 bridgehead atoms. The van der Waals surface area contributed by atoms with Crippen molar-refractivity contribution < 1.29 is 8.42 Å². The zero-order valence-corrected chi connectivity index (χ0v) is 13.4. The molecule has 22 heavy (non-hydrogen) atoms. The molecule has 116 valence electrons. The van der Waals surface area contributed by atoms with Gasteiger partial charge in [0.2, 0.25) is 10.0 Å². The van der Waals surface area contributed by atoms with E-state index in [1.165, 1.54) is 0 Å². The van der Waals surface area contributed by atoms with Gasteiger partial charge in [0.1, 0.15) is 0 Å². The van der Waals surface area contributed by atoms with Crippen molar-refractivity contribution in [3.8, 4) is 0 Å². The molecule has 0 aromatic heterocycles. The molecular weight excluding hydrogens is 296 g/mol. The monoisotopic (exact) mass is 316 g/mol. The molecule has 0 saturated carbocycles. The van der Waals surface area contributed by atoms with Gasteiger partial charge >= 0.3 is 0 Å². The summed E-state index contributed by atoms with van der Waals surface area (Å²) in [7, 11) is -1.33. The Hall–Kier alpha value is -1.85. The molecule has 0 fully saturated rings. The third-order valence-corrected chi connectivity index (χ3v) is 5.35. The first-order chi connectivity index (χ1) is 10.6. The van der Waals surface area contributed by atoms with Crippen LogP contribution in [0.4, 0.5) is 5.69 Å².